The van der Waals surface area contributed by atoms with Gasteiger partial charge in [-0.15, -0.1) is 11.3 Å². The first-order valence-corrected chi connectivity index (χ1v) is 10.8. The number of aryl methyl sites for hydroxylation is 1. The number of hydrogen-bond acceptors (Lipinski definition) is 5. The summed E-state index contributed by atoms with van der Waals surface area (Å²) in [6, 6.07) is 15.2. The smallest absolute Gasteiger partial charge is 0.338 e. The van der Waals surface area contributed by atoms with Crippen molar-refractivity contribution >= 4 is 27.5 Å². The number of para-hydroxylation sites is 1. The zero-order chi connectivity index (χ0) is 20.7. The number of hydrogen-bond donors (Lipinski definition) is 0. The van der Waals surface area contributed by atoms with Crippen molar-refractivity contribution < 1.29 is 4.79 Å². The van der Waals surface area contributed by atoms with Crippen molar-refractivity contribution in [2.45, 2.75) is 18.8 Å². The molecule has 2 aromatic carbocycles. The van der Waals surface area contributed by atoms with Gasteiger partial charge in [0.25, 0.3) is 5.91 Å². The largest absolute Gasteiger partial charge is 0.350 e. The van der Waals surface area contributed by atoms with E-state index in [1.807, 2.05) is 53.4 Å². The second-order valence-electron chi connectivity index (χ2n) is 7.56. The highest BCUT2D eigenvalue weighted by Crippen LogP contribution is 2.28. The Morgan fingerprint density at radius 3 is 2.83 bits per heavy atom. The van der Waals surface area contributed by atoms with Crippen molar-refractivity contribution in [3.63, 3.8) is 0 Å². The predicted molar refractivity (Wildman–Crippen MR) is 116 cm³/mol. The van der Waals surface area contributed by atoms with Crippen molar-refractivity contribution in [3.8, 4) is 5.69 Å². The zero-order valence-corrected chi connectivity index (χ0v) is 17.4. The summed E-state index contributed by atoms with van der Waals surface area (Å²) in [5, 5.41) is 4.53. The van der Waals surface area contributed by atoms with Crippen LogP contribution in [0.15, 0.2) is 58.8 Å². The molecule has 2 aromatic heterocycles. The fourth-order valence-corrected chi connectivity index (χ4v) is 4.83. The van der Waals surface area contributed by atoms with Gasteiger partial charge in [-0.05, 0) is 43.2 Å². The molecule has 1 atom stereocenters. The third-order valence-electron chi connectivity index (χ3n) is 5.62. The van der Waals surface area contributed by atoms with E-state index in [-0.39, 0.29) is 17.5 Å². The van der Waals surface area contributed by atoms with Crippen LogP contribution in [0.1, 0.15) is 34.9 Å². The molecule has 4 aromatic rings. The minimum atomic E-state index is -0.171. The summed E-state index contributed by atoms with van der Waals surface area (Å²) >= 11 is 1.53. The Morgan fingerprint density at radius 2 is 2.00 bits per heavy atom. The van der Waals surface area contributed by atoms with Crippen molar-refractivity contribution in [1.29, 1.82) is 0 Å². The minimum Gasteiger partial charge on any atom is -0.338 e. The second-order valence-corrected chi connectivity index (χ2v) is 8.45. The Bertz CT molecular complexity index is 1270. The van der Waals surface area contributed by atoms with Crippen molar-refractivity contribution in [2.24, 2.45) is 7.05 Å². The van der Waals surface area contributed by atoms with Gasteiger partial charge in [0, 0.05) is 31.6 Å². The summed E-state index contributed by atoms with van der Waals surface area (Å²) in [6.45, 7) is 1.25. The SMILES string of the molecule is Cn1nc(C2CCCN(C(=O)c3ccc4ncsc4c3)C2)n(-c2ccccc2)c1=O. The molecule has 0 radical (unpaired) electrons. The van der Waals surface area contributed by atoms with Gasteiger partial charge >= 0.3 is 5.69 Å². The number of likely N-dealkylation sites (tertiary alicyclic amines) is 1. The number of carbonyl (C=O) groups is 1. The molecular formula is C22H21N5O2S. The number of carbonyl (C=O) groups excluding carboxylic acids is 1. The summed E-state index contributed by atoms with van der Waals surface area (Å²) < 4.78 is 4.06. The van der Waals surface area contributed by atoms with Crippen LogP contribution in [0.2, 0.25) is 0 Å². The molecule has 0 spiro atoms. The van der Waals surface area contributed by atoms with Crippen molar-refractivity contribution in [2.75, 3.05) is 13.1 Å². The molecule has 1 amide bonds. The standard InChI is InChI=1S/C22H21N5O2S/c1-25-22(29)27(17-7-3-2-4-8-17)20(24-25)16-6-5-11-26(13-16)21(28)15-9-10-18-19(12-15)30-14-23-18/h2-4,7-10,12,14,16H,5-6,11,13H2,1H3. The molecule has 1 aliphatic heterocycles. The number of fused-ring (bicyclic) bond motifs is 1. The molecule has 0 N–H and O–H groups in total. The zero-order valence-electron chi connectivity index (χ0n) is 16.6. The molecule has 5 rings (SSSR count). The molecular weight excluding hydrogens is 398 g/mol. The number of benzene rings is 2. The van der Waals surface area contributed by atoms with E-state index in [9.17, 15) is 9.59 Å². The van der Waals surface area contributed by atoms with Gasteiger partial charge in [0.15, 0.2) is 0 Å². The molecule has 30 heavy (non-hydrogen) atoms. The maximum Gasteiger partial charge on any atom is 0.350 e. The lowest BCUT2D eigenvalue weighted by atomic mass is 9.96. The van der Waals surface area contributed by atoms with Crippen LogP contribution >= 0.6 is 11.3 Å². The summed E-state index contributed by atoms with van der Waals surface area (Å²) in [4.78, 5) is 32.1. The Hall–Kier alpha value is -3.26. The van der Waals surface area contributed by atoms with Crippen LogP contribution in [0, 0.1) is 0 Å². The topological polar surface area (TPSA) is 73.0 Å². The molecule has 7 nitrogen and oxygen atoms in total. The number of piperidine rings is 1. The predicted octanol–water partition coefficient (Wildman–Crippen LogP) is 3.20. The average Bonchev–Trinajstić information content (AvgIpc) is 3.37. The average molecular weight is 420 g/mol. The fraction of sp³-hybridized carbons (Fsp3) is 0.273. The Kier molecular flexibility index (Phi) is 4.71. The lowest BCUT2D eigenvalue weighted by Crippen LogP contribution is -2.40. The molecule has 1 aliphatic rings. The van der Waals surface area contributed by atoms with Crippen LogP contribution in [0.3, 0.4) is 0 Å². The maximum absolute atomic E-state index is 13.2. The van der Waals surface area contributed by atoms with E-state index in [2.05, 4.69) is 10.1 Å². The van der Waals surface area contributed by atoms with Crippen LogP contribution in [0.4, 0.5) is 0 Å². The molecule has 0 bridgehead atoms. The van der Waals surface area contributed by atoms with Crippen LogP contribution in [-0.2, 0) is 7.05 Å². The number of nitrogens with zero attached hydrogens (tertiary/aromatic N) is 5. The lowest BCUT2D eigenvalue weighted by molar-refractivity contribution is 0.0704. The first-order valence-electron chi connectivity index (χ1n) is 9.96. The van der Waals surface area contributed by atoms with Gasteiger partial charge in [-0.3, -0.25) is 4.79 Å². The normalized spacial score (nSPS) is 16.8. The molecule has 1 saturated heterocycles. The number of thiazole rings is 1. The van der Waals surface area contributed by atoms with Gasteiger partial charge in [0.1, 0.15) is 5.82 Å². The highest BCUT2D eigenvalue weighted by atomic mass is 32.1. The van der Waals surface area contributed by atoms with E-state index in [1.165, 1.54) is 16.0 Å². The van der Waals surface area contributed by atoms with Crippen LogP contribution in [0.25, 0.3) is 15.9 Å². The fourth-order valence-electron chi connectivity index (χ4n) is 4.11. The molecule has 1 unspecified atom stereocenters. The van der Waals surface area contributed by atoms with E-state index in [1.54, 1.807) is 17.1 Å². The number of aromatic nitrogens is 4. The van der Waals surface area contributed by atoms with Gasteiger partial charge in [-0.1, -0.05) is 18.2 Å². The summed E-state index contributed by atoms with van der Waals surface area (Å²) in [7, 11) is 1.67. The molecule has 8 heteroatoms. The first kappa shape index (κ1) is 18.7. The van der Waals surface area contributed by atoms with Crippen molar-refractivity contribution in [1.82, 2.24) is 24.2 Å². The van der Waals surface area contributed by atoms with E-state index in [4.69, 9.17) is 0 Å². The highest BCUT2D eigenvalue weighted by Gasteiger charge is 2.30. The third-order valence-corrected chi connectivity index (χ3v) is 6.41. The lowest BCUT2D eigenvalue weighted by Gasteiger charge is -2.32. The molecule has 1 fully saturated rings. The quantitative estimate of drug-likeness (QED) is 0.511. The van der Waals surface area contributed by atoms with Crippen LogP contribution in [0.5, 0.6) is 0 Å². The van der Waals surface area contributed by atoms with Crippen LogP contribution < -0.4 is 5.69 Å². The maximum atomic E-state index is 13.2. The van der Waals surface area contributed by atoms with Gasteiger partial charge in [-0.25, -0.2) is 19.0 Å². The van der Waals surface area contributed by atoms with Crippen molar-refractivity contribution in [3.05, 3.63) is 75.9 Å². The summed E-state index contributed by atoms with van der Waals surface area (Å²) in [6.07, 6.45) is 1.76. The van der Waals surface area contributed by atoms with Crippen LogP contribution in [-0.4, -0.2) is 43.2 Å². The Balaban J connectivity index is 1.45. The van der Waals surface area contributed by atoms with E-state index >= 15 is 0 Å². The summed E-state index contributed by atoms with van der Waals surface area (Å²) in [5.41, 5.74) is 4.00. The van der Waals surface area contributed by atoms with Gasteiger partial charge in [0.05, 0.1) is 21.4 Å². The molecule has 152 valence electrons. The molecule has 0 aliphatic carbocycles. The number of amides is 1. The highest BCUT2D eigenvalue weighted by molar-refractivity contribution is 7.16. The third kappa shape index (κ3) is 3.23. The van der Waals surface area contributed by atoms with E-state index in [0.29, 0.717) is 24.5 Å². The van der Waals surface area contributed by atoms with E-state index in [0.717, 1.165) is 28.7 Å². The van der Waals surface area contributed by atoms with Gasteiger partial charge < -0.3 is 4.90 Å². The molecule has 0 saturated carbocycles. The Morgan fingerprint density at radius 1 is 1.17 bits per heavy atom. The van der Waals surface area contributed by atoms with Gasteiger partial charge in [-0.2, -0.15) is 5.10 Å². The monoisotopic (exact) mass is 419 g/mol. The first-order chi connectivity index (χ1) is 14.6. The number of rotatable bonds is 3. The van der Waals surface area contributed by atoms with Gasteiger partial charge in [0.2, 0.25) is 0 Å². The summed E-state index contributed by atoms with van der Waals surface area (Å²) in [5.74, 6) is 0.729. The second kappa shape index (κ2) is 7.53. The minimum absolute atomic E-state index is 0.00365. The van der Waals surface area contributed by atoms with E-state index < -0.39 is 0 Å². The molecule has 3 heterocycles. The Labute approximate surface area is 177 Å².